The maximum absolute atomic E-state index is 12.7. The van der Waals surface area contributed by atoms with Crippen molar-refractivity contribution in [3.63, 3.8) is 0 Å². The molecule has 20 heavy (non-hydrogen) atoms. The molecule has 1 fully saturated rings. The van der Waals surface area contributed by atoms with Crippen molar-refractivity contribution < 1.29 is 4.79 Å². The SMILES string of the molecule is C=C1NC(=S)N[C@H](c2ccsc2)[C@@H]1C(=O)N(CC)CC. The van der Waals surface area contributed by atoms with Gasteiger partial charge in [-0.05, 0) is 48.5 Å². The van der Waals surface area contributed by atoms with Crippen LogP contribution in [0.1, 0.15) is 25.5 Å². The number of nitrogens with one attached hydrogen (secondary N) is 2. The molecule has 0 spiro atoms. The Balaban J connectivity index is 2.32. The van der Waals surface area contributed by atoms with Crippen molar-refractivity contribution >= 4 is 34.6 Å². The molecule has 1 aromatic rings. The summed E-state index contributed by atoms with van der Waals surface area (Å²) in [5.41, 5.74) is 1.74. The van der Waals surface area contributed by atoms with E-state index in [0.29, 0.717) is 23.9 Å². The normalized spacial score (nSPS) is 22.1. The van der Waals surface area contributed by atoms with E-state index >= 15 is 0 Å². The lowest BCUT2D eigenvalue weighted by Crippen LogP contribution is -2.53. The van der Waals surface area contributed by atoms with Crippen LogP contribution < -0.4 is 10.6 Å². The standard InChI is InChI=1S/C14H19N3OS2/c1-4-17(5-2)13(18)11-9(3)15-14(19)16-12(11)10-6-7-20-8-10/h6-8,11-12H,3-5H2,1-2H3,(H2,15,16,19)/t11-,12-/m1/s1. The summed E-state index contributed by atoms with van der Waals surface area (Å²) in [5, 5.41) is 10.8. The van der Waals surface area contributed by atoms with Crippen molar-refractivity contribution in [3.05, 3.63) is 34.7 Å². The van der Waals surface area contributed by atoms with Crippen molar-refractivity contribution in [2.45, 2.75) is 19.9 Å². The summed E-state index contributed by atoms with van der Waals surface area (Å²) in [4.78, 5) is 14.6. The molecule has 1 saturated heterocycles. The highest BCUT2D eigenvalue weighted by atomic mass is 32.1. The van der Waals surface area contributed by atoms with Crippen LogP contribution in [0.4, 0.5) is 0 Å². The quantitative estimate of drug-likeness (QED) is 0.838. The predicted octanol–water partition coefficient (Wildman–Crippen LogP) is 2.27. The Morgan fingerprint density at radius 2 is 2.20 bits per heavy atom. The molecule has 0 saturated carbocycles. The van der Waals surface area contributed by atoms with E-state index in [4.69, 9.17) is 12.2 Å². The average Bonchev–Trinajstić information content (AvgIpc) is 2.92. The number of nitrogens with zero attached hydrogens (tertiary/aromatic N) is 1. The minimum Gasteiger partial charge on any atom is -0.354 e. The Labute approximate surface area is 128 Å². The van der Waals surface area contributed by atoms with Gasteiger partial charge in [0.25, 0.3) is 0 Å². The van der Waals surface area contributed by atoms with E-state index in [1.807, 2.05) is 35.6 Å². The van der Waals surface area contributed by atoms with Crippen LogP contribution in [0.3, 0.4) is 0 Å². The Bertz CT molecular complexity index is 508. The lowest BCUT2D eigenvalue weighted by Gasteiger charge is -2.37. The van der Waals surface area contributed by atoms with Gasteiger partial charge in [0.1, 0.15) is 5.92 Å². The fourth-order valence-electron chi connectivity index (χ4n) is 2.44. The van der Waals surface area contributed by atoms with Gasteiger partial charge in [-0.1, -0.05) is 6.58 Å². The molecule has 2 heterocycles. The molecule has 0 aliphatic carbocycles. The van der Waals surface area contributed by atoms with Crippen LogP contribution in [0, 0.1) is 5.92 Å². The topological polar surface area (TPSA) is 44.4 Å². The lowest BCUT2D eigenvalue weighted by molar-refractivity contribution is -0.135. The number of thiocarbonyl (C=S) groups is 1. The molecule has 2 N–H and O–H groups in total. The van der Waals surface area contributed by atoms with Crippen LogP contribution >= 0.6 is 23.6 Å². The van der Waals surface area contributed by atoms with Gasteiger partial charge in [0.05, 0.1) is 6.04 Å². The number of thiophene rings is 1. The minimum absolute atomic E-state index is 0.0821. The zero-order chi connectivity index (χ0) is 14.7. The molecule has 2 atom stereocenters. The van der Waals surface area contributed by atoms with Gasteiger partial charge in [0.15, 0.2) is 5.11 Å². The summed E-state index contributed by atoms with van der Waals surface area (Å²) in [6, 6.07) is 1.88. The summed E-state index contributed by atoms with van der Waals surface area (Å²) in [7, 11) is 0. The van der Waals surface area contributed by atoms with Crippen molar-refractivity contribution in [3.8, 4) is 0 Å². The van der Waals surface area contributed by atoms with Crippen LogP contribution in [0.5, 0.6) is 0 Å². The van der Waals surface area contributed by atoms with E-state index in [1.54, 1.807) is 11.3 Å². The van der Waals surface area contributed by atoms with Gasteiger partial charge >= 0.3 is 0 Å². The number of hydrogen-bond acceptors (Lipinski definition) is 3. The summed E-state index contributed by atoms with van der Waals surface area (Å²) < 4.78 is 0. The van der Waals surface area contributed by atoms with Crippen molar-refractivity contribution in [1.82, 2.24) is 15.5 Å². The van der Waals surface area contributed by atoms with Gasteiger partial charge in [-0.15, -0.1) is 0 Å². The fraction of sp³-hybridized carbons (Fsp3) is 0.429. The molecular formula is C14H19N3OS2. The Kier molecular flexibility index (Phi) is 4.77. The Morgan fingerprint density at radius 1 is 1.50 bits per heavy atom. The molecule has 0 unspecified atom stereocenters. The summed E-state index contributed by atoms with van der Waals surface area (Å²) in [6.45, 7) is 9.35. The van der Waals surface area contributed by atoms with Gasteiger partial charge in [-0.2, -0.15) is 11.3 Å². The van der Waals surface area contributed by atoms with E-state index in [1.165, 1.54) is 0 Å². The maximum atomic E-state index is 12.7. The van der Waals surface area contributed by atoms with Crippen LogP contribution in [-0.4, -0.2) is 29.0 Å². The average molecular weight is 309 g/mol. The summed E-state index contributed by atoms with van der Waals surface area (Å²) >= 11 is 6.80. The first kappa shape index (κ1) is 15.0. The van der Waals surface area contributed by atoms with Crippen LogP contribution in [-0.2, 0) is 4.79 Å². The number of carbonyl (C=O) groups is 1. The van der Waals surface area contributed by atoms with E-state index < -0.39 is 0 Å². The van der Waals surface area contributed by atoms with E-state index in [2.05, 4.69) is 17.2 Å². The molecule has 1 aliphatic rings. The Morgan fingerprint density at radius 3 is 2.75 bits per heavy atom. The summed E-state index contributed by atoms with van der Waals surface area (Å²) in [6.07, 6.45) is 0. The first-order chi connectivity index (χ1) is 9.58. The third kappa shape index (κ3) is 2.86. The van der Waals surface area contributed by atoms with E-state index in [9.17, 15) is 4.79 Å². The third-order valence-corrected chi connectivity index (χ3v) is 4.43. The molecule has 0 bridgehead atoms. The molecule has 4 nitrogen and oxygen atoms in total. The second-order valence-electron chi connectivity index (χ2n) is 4.65. The molecule has 0 radical (unpaired) electrons. The molecule has 108 valence electrons. The Hall–Kier alpha value is -1.40. The van der Waals surface area contributed by atoms with Gasteiger partial charge in [-0.25, -0.2) is 0 Å². The van der Waals surface area contributed by atoms with Crippen LogP contribution in [0.2, 0.25) is 0 Å². The third-order valence-electron chi connectivity index (χ3n) is 3.51. The van der Waals surface area contributed by atoms with Crippen LogP contribution in [0.15, 0.2) is 29.1 Å². The molecular weight excluding hydrogens is 290 g/mol. The van der Waals surface area contributed by atoms with Gasteiger partial charge < -0.3 is 15.5 Å². The first-order valence-corrected chi connectivity index (χ1v) is 8.00. The van der Waals surface area contributed by atoms with Crippen molar-refractivity contribution in [2.24, 2.45) is 5.92 Å². The molecule has 1 aliphatic heterocycles. The molecule has 6 heteroatoms. The highest BCUT2D eigenvalue weighted by Gasteiger charge is 2.38. The minimum atomic E-state index is -0.337. The number of hydrogen-bond donors (Lipinski definition) is 2. The zero-order valence-electron chi connectivity index (χ0n) is 11.7. The van der Waals surface area contributed by atoms with E-state index in [0.717, 1.165) is 5.56 Å². The lowest BCUT2D eigenvalue weighted by atomic mass is 9.89. The largest absolute Gasteiger partial charge is 0.354 e. The van der Waals surface area contributed by atoms with Gasteiger partial charge in [-0.3, -0.25) is 4.79 Å². The number of amides is 1. The highest BCUT2D eigenvalue weighted by molar-refractivity contribution is 7.80. The van der Waals surface area contributed by atoms with Gasteiger partial charge in [0, 0.05) is 18.8 Å². The first-order valence-electron chi connectivity index (χ1n) is 6.65. The van der Waals surface area contributed by atoms with Crippen molar-refractivity contribution in [1.29, 1.82) is 0 Å². The van der Waals surface area contributed by atoms with E-state index in [-0.39, 0.29) is 17.9 Å². The van der Waals surface area contributed by atoms with Crippen molar-refractivity contribution in [2.75, 3.05) is 13.1 Å². The number of rotatable bonds is 4. The van der Waals surface area contributed by atoms with Gasteiger partial charge in [0.2, 0.25) is 5.91 Å². The number of carbonyl (C=O) groups excluding carboxylic acids is 1. The summed E-state index contributed by atoms with van der Waals surface area (Å²) in [5.74, 6) is -0.255. The molecule has 0 aromatic carbocycles. The smallest absolute Gasteiger partial charge is 0.234 e. The van der Waals surface area contributed by atoms with Crippen LogP contribution in [0.25, 0.3) is 0 Å². The second-order valence-corrected chi connectivity index (χ2v) is 5.83. The second kappa shape index (κ2) is 6.37. The molecule has 1 aromatic heterocycles. The zero-order valence-corrected chi connectivity index (χ0v) is 13.3. The highest BCUT2D eigenvalue weighted by Crippen LogP contribution is 2.31. The molecule has 1 amide bonds. The maximum Gasteiger partial charge on any atom is 0.234 e. The fourth-order valence-corrected chi connectivity index (χ4v) is 3.39. The molecule has 2 rings (SSSR count). The monoisotopic (exact) mass is 309 g/mol. The predicted molar refractivity (Wildman–Crippen MR) is 86.5 cm³/mol.